The van der Waals surface area contributed by atoms with Crippen molar-refractivity contribution < 1.29 is 24.3 Å². The third-order valence-electron chi connectivity index (χ3n) is 3.09. The van der Waals surface area contributed by atoms with Gasteiger partial charge in [0.15, 0.2) is 17.3 Å². The maximum Gasteiger partial charge on any atom is 0.303 e. The molecule has 0 aliphatic heterocycles. The van der Waals surface area contributed by atoms with Gasteiger partial charge < -0.3 is 5.11 Å². The summed E-state index contributed by atoms with van der Waals surface area (Å²) in [4.78, 5) is 45.7. The van der Waals surface area contributed by atoms with E-state index in [1.54, 1.807) is 0 Å². The zero-order chi connectivity index (χ0) is 13.9. The molecule has 1 rings (SSSR count). The molecule has 18 heavy (non-hydrogen) atoms. The van der Waals surface area contributed by atoms with Gasteiger partial charge in [-0.15, -0.1) is 0 Å². The Morgan fingerprint density at radius 1 is 1.17 bits per heavy atom. The predicted octanol–water partition coefficient (Wildman–Crippen LogP) is 1.38. The molecule has 0 radical (unpaired) electrons. The smallest absolute Gasteiger partial charge is 0.303 e. The third kappa shape index (κ3) is 3.75. The Morgan fingerprint density at radius 3 is 2.11 bits per heavy atom. The first-order chi connectivity index (χ1) is 8.23. The Bertz CT molecular complexity index is 374. The Kier molecular flexibility index (Phi) is 4.38. The fraction of sp³-hybridized carbons (Fsp3) is 0.692. The number of rotatable bonds is 5. The predicted molar refractivity (Wildman–Crippen MR) is 63.0 cm³/mol. The van der Waals surface area contributed by atoms with Gasteiger partial charge in [-0.05, 0) is 11.8 Å². The average molecular weight is 254 g/mol. The van der Waals surface area contributed by atoms with Gasteiger partial charge in [0.05, 0.1) is 0 Å². The molecule has 5 nitrogen and oxygen atoms in total. The van der Waals surface area contributed by atoms with E-state index in [1.807, 2.05) is 13.8 Å². The van der Waals surface area contributed by atoms with E-state index in [-0.39, 0.29) is 49.1 Å². The fourth-order valence-electron chi connectivity index (χ4n) is 2.31. The number of carboxylic acids is 1. The molecule has 0 spiro atoms. The molecule has 0 amide bonds. The van der Waals surface area contributed by atoms with Gasteiger partial charge in [-0.3, -0.25) is 19.2 Å². The van der Waals surface area contributed by atoms with Crippen molar-refractivity contribution in [2.45, 2.75) is 46.0 Å². The summed E-state index contributed by atoms with van der Waals surface area (Å²) in [5, 5.41) is 8.46. The Hall–Kier alpha value is -1.52. The summed E-state index contributed by atoms with van der Waals surface area (Å²) in [7, 11) is 0. The van der Waals surface area contributed by atoms with E-state index in [1.165, 1.54) is 0 Å². The number of hydrogen-bond acceptors (Lipinski definition) is 4. The van der Waals surface area contributed by atoms with E-state index in [9.17, 15) is 19.2 Å². The van der Waals surface area contributed by atoms with Crippen LogP contribution in [0.25, 0.3) is 0 Å². The van der Waals surface area contributed by atoms with E-state index >= 15 is 0 Å². The van der Waals surface area contributed by atoms with Crippen LogP contribution in [0.3, 0.4) is 0 Å². The molecule has 1 saturated carbocycles. The van der Waals surface area contributed by atoms with Crippen LogP contribution in [-0.2, 0) is 19.2 Å². The second kappa shape index (κ2) is 5.42. The largest absolute Gasteiger partial charge is 0.481 e. The highest BCUT2D eigenvalue weighted by Gasteiger charge is 2.42. The molecule has 100 valence electrons. The van der Waals surface area contributed by atoms with Crippen LogP contribution >= 0.6 is 0 Å². The first-order valence-electron chi connectivity index (χ1n) is 6.03. The molecular weight excluding hydrogens is 236 g/mol. The number of ketones is 3. The van der Waals surface area contributed by atoms with E-state index < -0.39 is 17.7 Å². The van der Waals surface area contributed by atoms with Gasteiger partial charge in [0.25, 0.3) is 0 Å². The van der Waals surface area contributed by atoms with E-state index in [4.69, 9.17) is 5.11 Å². The van der Waals surface area contributed by atoms with Gasteiger partial charge >= 0.3 is 5.97 Å². The Labute approximate surface area is 106 Å². The first kappa shape index (κ1) is 14.5. The van der Waals surface area contributed by atoms with Crippen molar-refractivity contribution >= 4 is 23.3 Å². The Balaban J connectivity index is 2.60. The highest BCUT2D eigenvalue weighted by Crippen LogP contribution is 2.34. The van der Waals surface area contributed by atoms with Crippen molar-refractivity contribution in [2.75, 3.05) is 0 Å². The van der Waals surface area contributed by atoms with Gasteiger partial charge in [0.2, 0.25) is 0 Å². The molecular formula is C13H18O5. The van der Waals surface area contributed by atoms with Crippen LogP contribution in [0.1, 0.15) is 46.0 Å². The molecule has 0 bridgehead atoms. The standard InChI is InChI=1S/C13H18O5/c1-13(2)6-9(15)12(10(16)7-13)8(14)4-3-5-11(17)18/h12H,3-7H2,1-2H3,(H,17,18). The molecule has 0 unspecified atom stereocenters. The molecule has 0 saturated heterocycles. The van der Waals surface area contributed by atoms with Crippen molar-refractivity contribution in [3.05, 3.63) is 0 Å². The molecule has 0 aromatic carbocycles. The summed E-state index contributed by atoms with van der Waals surface area (Å²) in [5.41, 5.74) is -0.369. The molecule has 0 aromatic rings. The van der Waals surface area contributed by atoms with E-state index in [0.717, 1.165) is 0 Å². The van der Waals surface area contributed by atoms with E-state index in [0.29, 0.717) is 0 Å². The zero-order valence-electron chi connectivity index (χ0n) is 10.7. The van der Waals surface area contributed by atoms with Gasteiger partial charge in [0.1, 0.15) is 5.92 Å². The van der Waals surface area contributed by atoms with Crippen LogP contribution < -0.4 is 0 Å². The number of aliphatic carboxylic acids is 1. The second-order valence-corrected chi connectivity index (χ2v) is 5.60. The number of Topliss-reactive ketones (excluding diaryl/α,β-unsaturated/α-hetero) is 3. The molecule has 1 fully saturated rings. The first-order valence-corrected chi connectivity index (χ1v) is 6.03. The molecule has 1 aliphatic rings. The van der Waals surface area contributed by atoms with Crippen LogP contribution in [0, 0.1) is 11.3 Å². The summed E-state index contributed by atoms with van der Waals surface area (Å²) in [6.45, 7) is 3.65. The summed E-state index contributed by atoms with van der Waals surface area (Å²) in [6, 6.07) is 0. The van der Waals surface area contributed by atoms with Crippen LogP contribution in [-0.4, -0.2) is 28.4 Å². The second-order valence-electron chi connectivity index (χ2n) is 5.60. The average Bonchev–Trinajstić information content (AvgIpc) is 2.12. The van der Waals surface area contributed by atoms with Crippen molar-refractivity contribution in [1.29, 1.82) is 0 Å². The number of hydrogen-bond donors (Lipinski definition) is 1. The minimum absolute atomic E-state index is 0.0190. The van der Waals surface area contributed by atoms with Crippen molar-refractivity contribution in [3.63, 3.8) is 0 Å². The van der Waals surface area contributed by atoms with Gasteiger partial charge in [0, 0.05) is 25.7 Å². The Morgan fingerprint density at radius 2 is 1.67 bits per heavy atom. The SMILES string of the molecule is CC1(C)CC(=O)C(C(=O)CCCC(=O)O)C(=O)C1. The number of carbonyl (C=O) groups is 4. The van der Waals surface area contributed by atoms with E-state index in [2.05, 4.69) is 0 Å². The molecule has 0 aromatic heterocycles. The van der Waals surface area contributed by atoms with Crippen molar-refractivity contribution in [3.8, 4) is 0 Å². The van der Waals surface area contributed by atoms with Gasteiger partial charge in [-0.1, -0.05) is 13.8 Å². The number of carbonyl (C=O) groups excluding carboxylic acids is 3. The molecule has 5 heteroatoms. The monoisotopic (exact) mass is 254 g/mol. The summed E-state index contributed by atoms with van der Waals surface area (Å²) < 4.78 is 0. The highest BCUT2D eigenvalue weighted by molar-refractivity contribution is 6.20. The summed E-state index contributed by atoms with van der Waals surface area (Å²) in [6.07, 6.45) is 0.498. The summed E-state index contributed by atoms with van der Waals surface area (Å²) in [5.74, 6) is -3.20. The lowest BCUT2D eigenvalue weighted by atomic mass is 9.70. The lowest BCUT2D eigenvalue weighted by Crippen LogP contribution is -2.41. The van der Waals surface area contributed by atoms with Crippen molar-refractivity contribution in [2.24, 2.45) is 11.3 Å². The third-order valence-corrected chi connectivity index (χ3v) is 3.09. The maximum absolute atomic E-state index is 11.8. The molecule has 1 N–H and O–H groups in total. The lowest BCUT2D eigenvalue weighted by Gasteiger charge is -2.31. The highest BCUT2D eigenvalue weighted by atomic mass is 16.4. The fourth-order valence-corrected chi connectivity index (χ4v) is 2.31. The quantitative estimate of drug-likeness (QED) is 0.749. The lowest BCUT2D eigenvalue weighted by molar-refractivity contribution is -0.145. The maximum atomic E-state index is 11.8. The molecule has 1 aliphatic carbocycles. The zero-order valence-corrected chi connectivity index (χ0v) is 10.7. The van der Waals surface area contributed by atoms with Crippen LogP contribution in [0.15, 0.2) is 0 Å². The minimum atomic E-state index is -1.15. The molecule has 0 heterocycles. The van der Waals surface area contributed by atoms with Crippen LogP contribution in [0.4, 0.5) is 0 Å². The normalized spacial score (nSPS) is 19.9. The molecule has 0 atom stereocenters. The summed E-state index contributed by atoms with van der Waals surface area (Å²) >= 11 is 0. The number of carboxylic acid groups (broad SMARTS) is 1. The topological polar surface area (TPSA) is 88.5 Å². The van der Waals surface area contributed by atoms with Crippen LogP contribution in [0.5, 0.6) is 0 Å². The van der Waals surface area contributed by atoms with Gasteiger partial charge in [-0.2, -0.15) is 0 Å². The van der Waals surface area contributed by atoms with Crippen LogP contribution in [0.2, 0.25) is 0 Å². The van der Waals surface area contributed by atoms with Gasteiger partial charge in [-0.25, -0.2) is 0 Å². The van der Waals surface area contributed by atoms with Crippen molar-refractivity contribution in [1.82, 2.24) is 0 Å². The minimum Gasteiger partial charge on any atom is -0.481 e.